The van der Waals surface area contributed by atoms with Crippen LogP contribution in [0.25, 0.3) is 52.2 Å². The molecule has 1 aliphatic rings. The zero-order valence-corrected chi connectivity index (χ0v) is 30.9. The smallest absolute Gasteiger partial charge is 0.275 e. The number of hydrogen-bond acceptors (Lipinski definition) is 10. The Bertz CT molecular complexity index is 2680. The first kappa shape index (κ1) is 39.2. The third-order valence-corrected chi connectivity index (χ3v) is 11.5. The van der Waals surface area contributed by atoms with E-state index in [-0.39, 0.29) is 33.4 Å². The number of anilines is 2. The predicted octanol–water partition coefficient (Wildman–Crippen LogP) is 9.67. The van der Waals surface area contributed by atoms with Gasteiger partial charge in [-0.05, 0) is 72.9 Å². The van der Waals surface area contributed by atoms with Gasteiger partial charge in [0.15, 0.2) is 0 Å². The molecule has 6 heterocycles. The monoisotopic (exact) mass is 810 g/mol. The van der Waals surface area contributed by atoms with Gasteiger partial charge < -0.3 is 9.80 Å². The van der Waals surface area contributed by atoms with E-state index in [0.29, 0.717) is 20.8 Å². The Hall–Kier alpha value is -4.98. The van der Waals surface area contributed by atoms with Crippen LogP contribution in [0.5, 0.6) is 0 Å². The lowest BCUT2D eigenvalue weighted by Crippen LogP contribution is -2.17. The Labute approximate surface area is 325 Å². The van der Waals surface area contributed by atoms with Gasteiger partial charge in [-0.25, -0.2) is 19.9 Å². The first-order valence-corrected chi connectivity index (χ1v) is 18.4. The molecule has 8 aromatic rings. The molecule has 10 nitrogen and oxygen atoms in total. The fourth-order valence-corrected chi connectivity index (χ4v) is 8.47. The van der Waals surface area contributed by atoms with Crippen molar-refractivity contribution < 1.29 is 0 Å². The van der Waals surface area contributed by atoms with E-state index < -0.39 is 0 Å². The maximum atomic E-state index is 13.1. The third kappa shape index (κ3) is 7.08. The summed E-state index contributed by atoms with van der Waals surface area (Å²) in [4.78, 5) is 49.8. The van der Waals surface area contributed by atoms with E-state index in [1.807, 2.05) is 86.5 Å². The van der Waals surface area contributed by atoms with Crippen molar-refractivity contribution in [1.29, 1.82) is 0 Å². The van der Waals surface area contributed by atoms with Gasteiger partial charge in [-0.15, -0.1) is 22.7 Å². The maximum Gasteiger partial charge on any atom is 0.275 e. The number of rotatable bonds is 5. The van der Waals surface area contributed by atoms with Crippen molar-refractivity contribution in [1.82, 2.24) is 29.1 Å². The van der Waals surface area contributed by atoms with Crippen molar-refractivity contribution in [2.45, 2.75) is 41.0 Å². The van der Waals surface area contributed by atoms with E-state index in [1.165, 1.54) is 41.1 Å². The summed E-state index contributed by atoms with van der Waals surface area (Å²) in [7, 11) is 7.92. The molecule has 53 heavy (non-hydrogen) atoms. The lowest BCUT2D eigenvalue weighted by molar-refractivity contribution is 0.964. The van der Waals surface area contributed by atoms with Crippen LogP contribution in [0.3, 0.4) is 0 Å². The largest absolute Gasteiger partial charge is 0.377 e. The molecule has 1 fully saturated rings. The number of pyridine rings is 2. The van der Waals surface area contributed by atoms with Crippen molar-refractivity contribution in [3.8, 4) is 11.4 Å². The van der Waals surface area contributed by atoms with Crippen LogP contribution in [-0.4, -0.2) is 57.3 Å². The highest BCUT2D eigenvalue weighted by Gasteiger charge is 2.23. The molecule has 1 saturated carbocycles. The number of halogens is 1. The minimum atomic E-state index is -0.0740. The molecule has 2 aromatic carbocycles. The molecular formula is C40H43BrN8O2S2. The topological polar surface area (TPSA) is 102 Å². The van der Waals surface area contributed by atoms with Crippen LogP contribution >= 0.6 is 38.6 Å². The van der Waals surface area contributed by atoms with E-state index >= 15 is 0 Å². The number of thiophene rings is 2. The van der Waals surface area contributed by atoms with E-state index in [0.717, 1.165) is 53.2 Å². The Morgan fingerprint density at radius 1 is 0.623 bits per heavy atom. The lowest BCUT2D eigenvalue weighted by Gasteiger charge is -2.13. The van der Waals surface area contributed by atoms with E-state index in [9.17, 15) is 9.59 Å². The molecule has 274 valence electrons. The second-order valence-electron chi connectivity index (χ2n) is 12.6. The Balaban J connectivity index is 0.000000194. The standard InChI is InChI=1S/C20H18N4OS.C17H13BrN4OS.3CH4/c1-23(2)15-9-10-21-19-16(15)17-18(26-19)20(25)24(11-22-17)14-7-5-13(6-8-14)12-3-4-12;1-21(2)12-7-8-19-16-13(12)14-15(24-16)17(23)22(9-20-14)11-5-3-10(18)4-6-11;;;/h5-12H,3-4H2,1-2H3;3-9H,1-2H3;3*1H4. The van der Waals surface area contributed by atoms with Crippen molar-refractivity contribution >= 4 is 90.8 Å². The highest BCUT2D eigenvalue weighted by atomic mass is 79.9. The summed E-state index contributed by atoms with van der Waals surface area (Å²) >= 11 is 6.21. The molecule has 0 unspecified atom stereocenters. The average Bonchev–Trinajstić information content (AvgIpc) is 3.79. The molecule has 0 amide bonds. The minimum Gasteiger partial charge on any atom is -0.377 e. The predicted molar refractivity (Wildman–Crippen MR) is 230 cm³/mol. The molecule has 6 aromatic heterocycles. The normalized spacial score (nSPS) is 12.1. The van der Waals surface area contributed by atoms with Gasteiger partial charge in [-0.2, -0.15) is 0 Å². The number of nitrogens with zero attached hydrogens (tertiary/aromatic N) is 8. The zero-order chi connectivity index (χ0) is 34.7. The number of benzene rings is 2. The van der Waals surface area contributed by atoms with Gasteiger partial charge >= 0.3 is 0 Å². The summed E-state index contributed by atoms with van der Waals surface area (Å²) in [6.07, 6.45) is 9.32. The van der Waals surface area contributed by atoms with Gasteiger partial charge in [-0.1, -0.05) is 50.3 Å². The highest BCUT2D eigenvalue weighted by Crippen LogP contribution is 2.40. The Kier molecular flexibility index (Phi) is 11.5. The second-order valence-corrected chi connectivity index (χ2v) is 15.5. The number of fused-ring (bicyclic) bond motifs is 6. The molecule has 9 rings (SSSR count). The van der Waals surface area contributed by atoms with Crippen LogP contribution in [-0.2, 0) is 0 Å². The van der Waals surface area contributed by atoms with E-state index in [1.54, 1.807) is 34.2 Å². The first-order valence-electron chi connectivity index (χ1n) is 16.0. The van der Waals surface area contributed by atoms with Crippen molar-refractivity contribution in [3.05, 3.63) is 116 Å². The van der Waals surface area contributed by atoms with Gasteiger partial charge in [0, 0.05) is 45.1 Å². The van der Waals surface area contributed by atoms with Crippen molar-refractivity contribution in [2.75, 3.05) is 38.0 Å². The fraction of sp³-hybridized carbons (Fsp3) is 0.250. The van der Waals surface area contributed by atoms with Crippen LogP contribution in [0.15, 0.2) is 99.8 Å². The summed E-state index contributed by atoms with van der Waals surface area (Å²) in [5.74, 6) is 0.708. The SMILES string of the molecule is C.C.C.CN(C)c1ccnc2sc3c(=O)n(-c4ccc(Br)cc4)cnc3c12.CN(C)c1ccnc2sc3c(=O)n(-c4ccc(C5CC5)cc4)cnc3c12. The van der Waals surface area contributed by atoms with Crippen molar-refractivity contribution in [3.63, 3.8) is 0 Å². The summed E-state index contributed by atoms with van der Waals surface area (Å²) < 4.78 is 5.44. The molecule has 0 atom stereocenters. The highest BCUT2D eigenvalue weighted by molar-refractivity contribution is 9.10. The molecule has 0 aliphatic heterocycles. The molecule has 13 heteroatoms. The zero-order valence-electron chi connectivity index (χ0n) is 27.7. The van der Waals surface area contributed by atoms with Gasteiger partial charge in [0.05, 0.1) is 44.6 Å². The summed E-state index contributed by atoms with van der Waals surface area (Å²) in [6, 6.07) is 19.8. The fourth-order valence-electron chi connectivity index (χ4n) is 6.11. The Morgan fingerprint density at radius 3 is 1.43 bits per heavy atom. The minimum absolute atomic E-state index is 0. The third-order valence-electron chi connectivity index (χ3n) is 8.81. The number of hydrogen-bond donors (Lipinski definition) is 0. The lowest BCUT2D eigenvalue weighted by atomic mass is 10.1. The van der Waals surface area contributed by atoms with E-state index in [4.69, 9.17) is 0 Å². The van der Waals surface area contributed by atoms with Crippen LogP contribution in [0.1, 0.15) is 46.6 Å². The van der Waals surface area contributed by atoms with Gasteiger partial charge in [-0.3, -0.25) is 18.7 Å². The van der Waals surface area contributed by atoms with Crippen LogP contribution < -0.4 is 20.9 Å². The molecule has 0 N–H and O–H groups in total. The average molecular weight is 812 g/mol. The maximum absolute atomic E-state index is 13.1. The van der Waals surface area contributed by atoms with Gasteiger partial charge in [0.25, 0.3) is 11.1 Å². The van der Waals surface area contributed by atoms with E-state index in [2.05, 4.69) is 48.0 Å². The van der Waals surface area contributed by atoms with Crippen LogP contribution in [0.4, 0.5) is 11.4 Å². The van der Waals surface area contributed by atoms with Crippen molar-refractivity contribution in [2.24, 2.45) is 0 Å². The quantitative estimate of drug-likeness (QED) is 0.169. The summed E-state index contributed by atoms with van der Waals surface area (Å²) in [5.41, 5.74) is 6.37. The summed E-state index contributed by atoms with van der Waals surface area (Å²) in [5, 5.41) is 1.88. The van der Waals surface area contributed by atoms with Gasteiger partial charge in [0.1, 0.15) is 31.7 Å². The molecule has 1 aliphatic carbocycles. The molecule has 0 spiro atoms. The van der Waals surface area contributed by atoms with Crippen LogP contribution in [0.2, 0.25) is 0 Å². The molecule has 0 bridgehead atoms. The molecular weight excluding hydrogens is 769 g/mol. The van der Waals surface area contributed by atoms with Gasteiger partial charge in [0.2, 0.25) is 0 Å². The Morgan fingerprint density at radius 2 is 1.04 bits per heavy atom. The van der Waals surface area contributed by atoms with Crippen LogP contribution in [0, 0.1) is 0 Å². The second kappa shape index (κ2) is 15.6. The summed E-state index contributed by atoms with van der Waals surface area (Å²) in [6.45, 7) is 0. The molecule has 0 radical (unpaired) electrons. The first-order chi connectivity index (χ1) is 24.2. The number of aromatic nitrogens is 6. The molecule has 0 saturated heterocycles.